The molecule has 0 aliphatic rings. The first-order chi connectivity index (χ1) is 14.1. The topological polar surface area (TPSA) is 55.4 Å². The van der Waals surface area contributed by atoms with Gasteiger partial charge in [0.05, 0.1) is 19.4 Å². The number of esters is 1. The molecule has 0 radical (unpaired) electrons. The number of rotatable bonds is 19. The average molecular weight is 410 g/mol. The standard InChI is InChI=1S/C25H47NO3/c1-5-8-10-11-12-13-14-15-16-17-19-23(20-24(27)29-4)25(28)26-21-22(7-3)18-9-6-2/h17,19,22-23H,5-16,18,20-21H2,1-4H3,(H,26,28). The van der Waals surface area contributed by atoms with Crippen LogP contribution in [0.3, 0.4) is 0 Å². The fourth-order valence-corrected chi connectivity index (χ4v) is 3.49. The van der Waals surface area contributed by atoms with Gasteiger partial charge >= 0.3 is 5.97 Å². The Morgan fingerprint density at radius 1 is 0.897 bits per heavy atom. The van der Waals surface area contributed by atoms with Crippen molar-refractivity contribution in [3.05, 3.63) is 12.2 Å². The Morgan fingerprint density at radius 3 is 2.10 bits per heavy atom. The molecule has 170 valence electrons. The lowest BCUT2D eigenvalue weighted by Gasteiger charge is -2.18. The summed E-state index contributed by atoms with van der Waals surface area (Å²) in [6.45, 7) is 7.30. The molecule has 0 aromatic heterocycles. The molecule has 0 saturated heterocycles. The summed E-state index contributed by atoms with van der Waals surface area (Å²) >= 11 is 0. The monoisotopic (exact) mass is 409 g/mol. The Bertz CT molecular complexity index is 434. The van der Waals surface area contributed by atoms with Gasteiger partial charge in [-0.2, -0.15) is 0 Å². The van der Waals surface area contributed by atoms with Gasteiger partial charge in [-0.3, -0.25) is 9.59 Å². The van der Waals surface area contributed by atoms with Crippen molar-refractivity contribution in [1.29, 1.82) is 0 Å². The molecule has 0 bridgehead atoms. The molecule has 0 spiro atoms. The van der Waals surface area contributed by atoms with Gasteiger partial charge in [0.2, 0.25) is 5.91 Å². The molecule has 2 atom stereocenters. The van der Waals surface area contributed by atoms with E-state index in [0.29, 0.717) is 12.5 Å². The predicted octanol–water partition coefficient (Wildman–Crippen LogP) is 6.59. The van der Waals surface area contributed by atoms with Gasteiger partial charge in [0.25, 0.3) is 0 Å². The van der Waals surface area contributed by atoms with Crippen molar-refractivity contribution in [3.63, 3.8) is 0 Å². The quantitative estimate of drug-likeness (QED) is 0.149. The van der Waals surface area contributed by atoms with Crippen molar-refractivity contribution >= 4 is 11.9 Å². The van der Waals surface area contributed by atoms with Gasteiger partial charge in [-0.15, -0.1) is 0 Å². The first kappa shape index (κ1) is 27.7. The molecule has 4 nitrogen and oxygen atoms in total. The highest BCUT2D eigenvalue weighted by Crippen LogP contribution is 2.14. The third-order valence-electron chi connectivity index (χ3n) is 5.65. The van der Waals surface area contributed by atoms with E-state index < -0.39 is 5.92 Å². The average Bonchev–Trinajstić information content (AvgIpc) is 2.73. The van der Waals surface area contributed by atoms with Crippen LogP contribution in [0.4, 0.5) is 0 Å². The van der Waals surface area contributed by atoms with Crippen molar-refractivity contribution in [1.82, 2.24) is 5.32 Å². The fraction of sp³-hybridized carbons (Fsp3) is 0.840. The number of nitrogens with one attached hydrogen (secondary N) is 1. The van der Waals surface area contributed by atoms with E-state index in [2.05, 4.69) is 32.2 Å². The zero-order chi connectivity index (χ0) is 21.7. The maximum atomic E-state index is 12.6. The van der Waals surface area contributed by atoms with Crippen LogP contribution in [0.25, 0.3) is 0 Å². The Balaban J connectivity index is 4.30. The Morgan fingerprint density at radius 2 is 1.52 bits per heavy atom. The summed E-state index contributed by atoms with van der Waals surface area (Å²) in [6, 6.07) is 0. The van der Waals surface area contributed by atoms with Crippen molar-refractivity contribution < 1.29 is 14.3 Å². The minimum atomic E-state index is -0.430. The van der Waals surface area contributed by atoms with E-state index in [1.165, 1.54) is 64.9 Å². The molecule has 2 unspecified atom stereocenters. The van der Waals surface area contributed by atoms with Crippen LogP contribution in [-0.4, -0.2) is 25.5 Å². The lowest BCUT2D eigenvalue weighted by atomic mass is 9.98. The molecule has 0 aromatic rings. The molecule has 1 N–H and O–H groups in total. The number of amides is 1. The third kappa shape index (κ3) is 16.2. The van der Waals surface area contributed by atoms with Crippen LogP contribution in [0.1, 0.15) is 111 Å². The van der Waals surface area contributed by atoms with Gasteiger partial charge in [0.15, 0.2) is 0 Å². The third-order valence-corrected chi connectivity index (χ3v) is 5.65. The van der Waals surface area contributed by atoms with Gasteiger partial charge < -0.3 is 10.1 Å². The summed E-state index contributed by atoms with van der Waals surface area (Å²) < 4.78 is 4.78. The molecule has 0 aliphatic carbocycles. The summed E-state index contributed by atoms with van der Waals surface area (Å²) in [4.78, 5) is 24.3. The van der Waals surface area contributed by atoms with Crippen molar-refractivity contribution in [2.24, 2.45) is 11.8 Å². The van der Waals surface area contributed by atoms with Gasteiger partial charge in [-0.1, -0.05) is 97.1 Å². The number of hydrogen-bond acceptors (Lipinski definition) is 3. The molecule has 0 aliphatic heterocycles. The number of ether oxygens (including phenoxy) is 1. The number of carbonyl (C=O) groups is 2. The number of carbonyl (C=O) groups excluding carboxylic acids is 2. The Labute approximate surface area is 180 Å². The van der Waals surface area contributed by atoms with E-state index in [0.717, 1.165) is 25.7 Å². The highest BCUT2D eigenvalue weighted by atomic mass is 16.5. The van der Waals surface area contributed by atoms with Gasteiger partial charge in [0, 0.05) is 6.54 Å². The molecule has 4 heteroatoms. The minimum Gasteiger partial charge on any atom is -0.469 e. The SMILES string of the molecule is CCCCCCCCCCC=CC(CC(=O)OC)C(=O)NCC(CC)CCCC. The second kappa shape index (κ2) is 20.0. The van der Waals surface area contributed by atoms with Crippen LogP contribution in [-0.2, 0) is 14.3 Å². The van der Waals surface area contributed by atoms with E-state index in [4.69, 9.17) is 4.74 Å². The molecular formula is C25H47NO3. The highest BCUT2D eigenvalue weighted by molar-refractivity contribution is 5.85. The van der Waals surface area contributed by atoms with Crippen LogP contribution in [0.2, 0.25) is 0 Å². The lowest BCUT2D eigenvalue weighted by Crippen LogP contribution is -2.34. The maximum absolute atomic E-state index is 12.6. The van der Waals surface area contributed by atoms with E-state index in [1.54, 1.807) is 0 Å². The van der Waals surface area contributed by atoms with Gasteiger partial charge in [-0.25, -0.2) is 0 Å². The maximum Gasteiger partial charge on any atom is 0.306 e. The first-order valence-electron chi connectivity index (χ1n) is 12.1. The van der Waals surface area contributed by atoms with Crippen molar-refractivity contribution in [3.8, 4) is 0 Å². The lowest BCUT2D eigenvalue weighted by molar-refractivity contribution is -0.143. The summed E-state index contributed by atoms with van der Waals surface area (Å²) in [6.07, 6.45) is 20.0. The van der Waals surface area contributed by atoms with Gasteiger partial charge in [-0.05, 0) is 25.2 Å². The van der Waals surface area contributed by atoms with Crippen LogP contribution in [0.15, 0.2) is 12.2 Å². The Hall–Kier alpha value is -1.32. The van der Waals surface area contributed by atoms with Crippen LogP contribution < -0.4 is 5.32 Å². The number of unbranched alkanes of at least 4 members (excludes halogenated alkanes) is 9. The molecule has 0 aromatic carbocycles. The summed E-state index contributed by atoms with van der Waals surface area (Å²) in [7, 11) is 1.37. The molecule has 0 saturated carbocycles. The van der Waals surface area contributed by atoms with E-state index in [9.17, 15) is 9.59 Å². The van der Waals surface area contributed by atoms with Crippen molar-refractivity contribution in [2.45, 2.75) is 111 Å². The molecule has 0 rings (SSSR count). The normalized spacial score (nSPS) is 13.4. The minimum absolute atomic E-state index is 0.0578. The first-order valence-corrected chi connectivity index (χ1v) is 12.1. The number of hydrogen-bond donors (Lipinski definition) is 1. The Kier molecular flexibility index (Phi) is 19.1. The smallest absolute Gasteiger partial charge is 0.306 e. The largest absolute Gasteiger partial charge is 0.469 e. The van der Waals surface area contributed by atoms with E-state index in [-0.39, 0.29) is 18.3 Å². The van der Waals surface area contributed by atoms with E-state index >= 15 is 0 Å². The van der Waals surface area contributed by atoms with Crippen LogP contribution >= 0.6 is 0 Å². The second-order valence-corrected chi connectivity index (χ2v) is 8.24. The highest BCUT2D eigenvalue weighted by Gasteiger charge is 2.20. The summed E-state index contributed by atoms with van der Waals surface area (Å²) in [5.41, 5.74) is 0. The predicted molar refractivity (Wildman–Crippen MR) is 123 cm³/mol. The zero-order valence-corrected chi connectivity index (χ0v) is 19.6. The van der Waals surface area contributed by atoms with Crippen molar-refractivity contribution in [2.75, 3.05) is 13.7 Å². The van der Waals surface area contributed by atoms with Gasteiger partial charge in [0.1, 0.15) is 0 Å². The fourth-order valence-electron chi connectivity index (χ4n) is 3.49. The zero-order valence-electron chi connectivity index (χ0n) is 19.6. The molecular weight excluding hydrogens is 362 g/mol. The van der Waals surface area contributed by atoms with E-state index in [1.807, 2.05) is 6.08 Å². The second-order valence-electron chi connectivity index (χ2n) is 8.24. The molecule has 0 heterocycles. The molecule has 1 amide bonds. The molecule has 29 heavy (non-hydrogen) atoms. The number of allylic oxidation sites excluding steroid dienone is 1. The summed E-state index contributed by atoms with van der Waals surface area (Å²) in [5.74, 6) is -0.309. The van der Waals surface area contributed by atoms with Crippen LogP contribution in [0.5, 0.6) is 0 Å². The molecule has 0 fully saturated rings. The number of methoxy groups -OCH3 is 1. The summed E-state index contributed by atoms with van der Waals surface area (Å²) in [5, 5.41) is 3.06. The van der Waals surface area contributed by atoms with Crippen LogP contribution in [0, 0.1) is 11.8 Å².